The molecule has 1 N–H and O–H groups in total. The number of hydrogen-bond donors (Lipinski definition) is 1. The second-order valence-corrected chi connectivity index (χ2v) is 5.83. The van der Waals surface area contributed by atoms with Crippen molar-refractivity contribution >= 4 is 11.4 Å². The standard InChI is InChI=1S/C20H22N2O3/c1-3-4-11-24-16-9-5-7-14(12-16)17-18(23)19(25-20(17)21-2)15-8-6-10-22-13-15/h5-10,12-13,19,21H,3-4,11H2,1-2H3. The second-order valence-electron chi connectivity index (χ2n) is 5.83. The van der Waals surface area contributed by atoms with E-state index in [-0.39, 0.29) is 5.78 Å². The summed E-state index contributed by atoms with van der Waals surface area (Å²) in [6, 6.07) is 11.2. The van der Waals surface area contributed by atoms with E-state index in [2.05, 4.69) is 17.2 Å². The van der Waals surface area contributed by atoms with Crippen LogP contribution in [0.15, 0.2) is 54.7 Å². The van der Waals surface area contributed by atoms with Crippen LogP contribution in [0, 0.1) is 0 Å². The molecule has 0 fully saturated rings. The quantitative estimate of drug-likeness (QED) is 0.783. The Morgan fingerprint density at radius 3 is 2.88 bits per heavy atom. The zero-order valence-corrected chi connectivity index (χ0v) is 14.5. The summed E-state index contributed by atoms with van der Waals surface area (Å²) in [7, 11) is 1.75. The van der Waals surface area contributed by atoms with Gasteiger partial charge < -0.3 is 14.8 Å². The minimum atomic E-state index is -0.671. The van der Waals surface area contributed by atoms with Crippen molar-refractivity contribution in [3.8, 4) is 5.75 Å². The van der Waals surface area contributed by atoms with Gasteiger partial charge in [0.05, 0.1) is 12.2 Å². The molecule has 5 nitrogen and oxygen atoms in total. The molecule has 0 bridgehead atoms. The topological polar surface area (TPSA) is 60.4 Å². The van der Waals surface area contributed by atoms with Crippen LogP contribution >= 0.6 is 0 Å². The van der Waals surface area contributed by atoms with Crippen LogP contribution in [0.25, 0.3) is 5.57 Å². The summed E-state index contributed by atoms with van der Waals surface area (Å²) in [5, 5.41) is 2.99. The number of aromatic nitrogens is 1. The number of ether oxygens (including phenoxy) is 2. The van der Waals surface area contributed by atoms with Gasteiger partial charge in [0.2, 0.25) is 5.78 Å². The average molecular weight is 338 g/mol. The SMILES string of the molecule is CCCCOc1cccc(C2=C(NC)OC(c3cccnc3)C2=O)c1. The number of hydrogen-bond acceptors (Lipinski definition) is 5. The Labute approximate surface area is 147 Å². The Kier molecular flexibility index (Phi) is 5.33. The molecular formula is C20H22N2O3. The molecule has 1 aromatic carbocycles. The molecule has 0 aliphatic carbocycles. The van der Waals surface area contributed by atoms with Gasteiger partial charge in [-0.15, -0.1) is 0 Å². The maximum atomic E-state index is 13.0. The van der Waals surface area contributed by atoms with Crippen LogP contribution in [0.2, 0.25) is 0 Å². The van der Waals surface area contributed by atoms with Crippen molar-refractivity contribution in [3.05, 3.63) is 65.8 Å². The lowest BCUT2D eigenvalue weighted by molar-refractivity contribution is -0.120. The Morgan fingerprint density at radius 2 is 2.16 bits per heavy atom. The molecule has 0 spiro atoms. The lowest BCUT2D eigenvalue weighted by Crippen LogP contribution is -2.10. The fraction of sp³-hybridized carbons (Fsp3) is 0.300. The Balaban J connectivity index is 1.87. The molecule has 5 heteroatoms. The summed E-state index contributed by atoms with van der Waals surface area (Å²) < 4.78 is 11.6. The zero-order chi connectivity index (χ0) is 17.6. The van der Waals surface area contributed by atoms with Crippen LogP contribution in [0.1, 0.15) is 37.0 Å². The van der Waals surface area contributed by atoms with Gasteiger partial charge in [-0.3, -0.25) is 9.78 Å². The van der Waals surface area contributed by atoms with Crippen LogP contribution < -0.4 is 10.1 Å². The first kappa shape index (κ1) is 17.0. The van der Waals surface area contributed by atoms with Gasteiger partial charge in [0.1, 0.15) is 5.75 Å². The van der Waals surface area contributed by atoms with E-state index in [1.165, 1.54) is 0 Å². The Hall–Kier alpha value is -2.82. The van der Waals surface area contributed by atoms with Crippen molar-refractivity contribution in [2.45, 2.75) is 25.9 Å². The molecule has 0 saturated carbocycles. The molecule has 0 radical (unpaired) electrons. The van der Waals surface area contributed by atoms with Gasteiger partial charge in [-0.1, -0.05) is 31.5 Å². The third-order valence-electron chi connectivity index (χ3n) is 4.05. The highest BCUT2D eigenvalue weighted by molar-refractivity contribution is 6.25. The fourth-order valence-corrected chi connectivity index (χ4v) is 2.76. The molecule has 1 aliphatic rings. The minimum Gasteiger partial charge on any atom is -0.494 e. The predicted molar refractivity (Wildman–Crippen MR) is 95.9 cm³/mol. The summed E-state index contributed by atoms with van der Waals surface area (Å²) in [4.78, 5) is 17.0. The molecule has 2 heterocycles. The first-order valence-corrected chi connectivity index (χ1v) is 8.50. The summed E-state index contributed by atoms with van der Waals surface area (Å²) in [5.41, 5.74) is 2.07. The monoisotopic (exact) mass is 338 g/mol. The number of benzene rings is 1. The smallest absolute Gasteiger partial charge is 0.214 e. The number of carbonyl (C=O) groups excluding carboxylic acids is 1. The Morgan fingerprint density at radius 1 is 1.28 bits per heavy atom. The van der Waals surface area contributed by atoms with Gasteiger partial charge in [-0.2, -0.15) is 0 Å². The number of ketones is 1. The van der Waals surface area contributed by atoms with Crippen LogP contribution in [0.4, 0.5) is 0 Å². The molecule has 1 aromatic heterocycles. The number of unbranched alkanes of at least 4 members (excludes halogenated alkanes) is 1. The summed E-state index contributed by atoms with van der Waals surface area (Å²) in [6.45, 7) is 2.79. The lowest BCUT2D eigenvalue weighted by atomic mass is 9.97. The molecule has 0 saturated heterocycles. The largest absolute Gasteiger partial charge is 0.494 e. The summed E-state index contributed by atoms with van der Waals surface area (Å²) >= 11 is 0. The highest BCUT2D eigenvalue weighted by Crippen LogP contribution is 2.37. The molecule has 3 rings (SSSR count). The number of Topliss-reactive ketones (excluding diaryl/α,β-unsaturated/α-hetero) is 1. The number of rotatable bonds is 7. The minimum absolute atomic E-state index is 0.0805. The van der Waals surface area contributed by atoms with Gasteiger partial charge >= 0.3 is 0 Å². The van der Waals surface area contributed by atoms with Crippen molar-refractivity contribution in [2.75, 3.05) is 13.7 Å². The molecule has 1 aliphatic heterocycles. The van der Waals surface area contributed by atoms with Crippen molar-refractivity contribution in [2.24, 2.45) is 0 Å². The van der Waals surface area contributed by atoms with E-state index in [0.717, 1.165) is 29.7 Å². The highest BCUT2D eigenvalue weighted by atomic mass is 16.5. The van der Waals surface area contributed by atoms with Crippen molar-refractivity contribution in [3.63, 3.8) is 0 Å². The van der Waals surface area contributed by atoms with Crippen LogP contribution in [0.5, 0.6) is 5.75 Å². The van der Waals surface area contributed by atoms with E-state index in [0.29, 0.717) is 18.1 Å². The van der Waals surface area contributed by atoms with E-state index < -0.39 is 6.10 Å². The lowest BCUT2D eigenvalue weighted by Gasteiger charge is -2.10. The molecule has 1 atom stereocenters. The molecule has 25 heavy (non-hydrogen) atoms. The maximum Gasteiger partial charge on any atom is 0.214 e. The predicted octanol–water partition coefficient (Wildman–Crippen LogP) is 3.49. The van der Waals surface area contributed by atoms with Gasteiger partial charge in [0, 0.05) is 25.0 Å². The van der Waals surface area contributed by atoms with E-state index >= 15 is 0 Å². The van der Waals surface area contributed by atoms with Gasteiger partial charge in [0.15, 0.2) is 12.0 Å². The number of nitrogens with zero attached hydrogens (tertiary/aromatic N) is 1. The van der Waals surface area contributed by atoms with Crippen LogP contribution in [-0.4, -0.2) is 24.4 Å². The fourth-order valence-electron chi connectivity index (χ4n) is 2.76. The molecule has 2 aromatic rings. The molecule has 1 unspecified atom stereocenters. The average Bonchev–Trinajstić information content (AvgIpc) is 2.99. The van der Waals surface area contributed by atoms with Crippen molar-refractivity contribution in [1.82, 2.24) is 10.3 Å². The summed E-state index contributed by atoms with van der Waals surface area (Å²) in [6.07, 6.45) is 4.74. The summed E-state index contributed by atoms with van der Waals surface area (Å²) in [5.74, 6) is 1.15. The molecule has 0 amide bonds. The zero-order valence-electron chi connectivity index (χ0n) is 14.5. The normalized spacial score (nSPS) is 16.7. The van der Waals surface area contributed by atoms with Crippen molar-refractivity contribution in [1.29, 1.82) is 0 Å². The maximum absolute atomic E-state index is 13.0. The third kappa shape index (κ3) is 3.65. The first-order valence-electron chi connectivity index (χ1n) is 8.50. The van der Waals surface area contributed by atoms with E-state index in [1.807, 2.05) is 30.3 Å². The van der Waals surface area contributed by atoms with E-state index in [9.17, 15) is 4.79 Å². The van der Waals surface area contributed by atoms with Gasteiger partial charge in [-0.25, -0.2) is 0 Å². The van der Waals surface area contributed by atoms with Crippen molar-refractivity contribution < 1.29 is 14.3 Å². The van der Waals surface area contributed by atoms with E-state index in [1.54, 1.807) is 25.5 Å². The van der Waals surface area contributed by atoms with E-state index in [4.69, 9.17) is 9.47 Å². The van der Waals surface area contributed by atoms with Gasteiger partial charge in [0.25, 0.3) is 0 Å². The third-order valence-corrected chi connectivity index (χ3v) is 4.05. The van der Waals surface area contributed by atoms with Gasteiger partial charge in [-0.05, 0) is 30.2 Å². The number of nitrogens with one attached hydrogen (secondary N) is 1. The highest BCUT2D eigenvalue weighted by Gasteiger charge is 2.37. The van der Waals surface area contributed by atoms with Crippen LogP contribution in [0.3, 0.4) is 0 Å². The Bertz CT molecular complexity index is 772. The number of pyridine rings is 1. The second kappa shape index (κ2) is 7.83. The first-order chi connectivity index (χ1) is 12.2. The number of carbonyl (C=O) groups is 1. The molecular weight excluding hydrogens is 316 g/mol. The van der Waals surface area contributed by atoms with Crippen LogP contribution in [-0.2, 0) is 9.53 Å². The molecule has 130 valence electrons.